The highest BCUT2D eigenvalue weighted by Crippen LogP contribution is 2.68. The first-order chi connectivity index (χ1) is 15.0. The summed E-state index contributed by atoms with van der Waals surface area (Å²) >= 11 is 0. The van der Waals surface area contributed by atoms with Crippen molar-refractivity contribution in [3.63, 3.8) is 0 Å². The fourth-order valence-corrected chi connectivity index (χ4v) is 5.15. The Balaban J connectivity index is 0.00000141. The summed E-state index contributed by atoms with van der Waals surface area (Å²) in [5.74, 6) is 0.174. The summed E-state index contributed by atoms with van der Waals surface area (Å²) in [6.07, 6.45) is -4.01. The number of ether oxygens (including phenoxy) is 2. The van der Waals surface area contributed by atoms with Crippen LogP contribution in [0, 0.1) is 24.2 Å². The van der Waals surface area contributed by atoms with Gasteiger partial charge in [-0.05, 0) is 54.2 Å². The Morgan fingerprint density at radius 1 is 1.22 bits per heavy atom. The zero-order valence-electron chi connectivity index (χ0n) is 19.1. The summed E-state index contributed by atoms with van der Waals surface area (Å²) in [4.78, 5) is 25.9. The third kappa shape index (κ3) is 4.66. The number of benzene rings is 1. The van der Waals surface area contributed by atoms with E-state index in [2.05, 4.69) is 21.7 Å². The van der Waals surface area contributed by atoms with Gasteiger partial charge >= 0.3 is 12.5 Å². The quantitative estimate of drug-likeness (QED) is 0.718. The first kappa shape index (κ1) is 24.2. The highest BCUT2D eigenvalue weighted by Gasteiger charge is 2.67. The summed E-state index contributed by atoms with van der Waals surface area (Å²) in [6, 6.07) is 4.96. The summed E-state index contributed by atoms with van der Waals surface area (Å²) in [5, 5.41) is 2.70. The van der Waals surface area contributed by atoms with Crippen LogP contribution in [-0.2, 0) is 9.53 Å². The smallest absolute Gasteiger partial charge is 0.453 e. The number of rotatable bonds is 4. The van der Waals surface area contributed by atoms with Crippen molar-refractivity contribution in [2.75, 3.05) is 20.2 Å². The Morgan fingerprint density at radius 2 is 1.88 bits per heavy atom. The minimum Gasteiger partial charge on any atom is -0.453 e. The van der Waals surface area contributed by atoms with Gasteiger partial charge in [0, 0.05) is 25.0 Å². The van der Waals surface area contributed by atoms with Crippen LogP contribution in [0.3, 0.4) is 0 Å². The number of likely N-dealkylation sites (tertiary alicyclic amines) is 1. The number of methoxy groups -OCH3 is 1. The predicted octanol–water partition coefficient (Wildman–Crippen LogP) is 4.62. The van der Waals surface area contributed by atoms with Gasteiger partial charge in [0.15, 0.2) is 0 Å². The molecule has 1 saturated heterocycles. The molecule has 0 bridgehead atoms. The fourth-order valence-electron chi connectivity index (χ4n) is 5.15. The molecule has 0 radical (unpaired) electrons. The van der Waals surface area contributed by atoms with E-state index in [1.807, 2.05) is 24.8 Å². The van der Waals surface area contributed by atoms with Crippen LogP contribution in [0.1, 0.15) is 50.7 Å². The van der Waals surface area contributed by atoms with Gasteiger partial charge in [0.25, 0.3) is 0 Å². The molecule has 9 heteroatoms. The molecule has 2 saturated carbocycles. The highest BCUT2D eigenvalue weighted by atomic mass is 19.4. The van der Waals surface area contributed by atoms with Crippen molar-refractivity contribution in [1.82, 2.24) is 10.2 Å². The van der Waals surface area contributed by atoms with E-state index in [0.29, 0.717) is 31.5 Å². The van der Waals surface area contributed by atoms with Crippen LogP contribution in [0.4, 0.5) is 18.0 Å². The van der Waals surface area contributed by atoms with Crippen molar-refractivity contribution >= 4 is 12.0 Å². The van der Waals surface area contributed by atoms with Crippen molar-refractivity contribution in [1.29, 1.82) is 0 Å². The molecule has 2 aliphatic carbocycles. The van der Waals surface area contributed by atoms with Crippen LogP contribution in [0.2, 0.25) is 0 Å². The number of aryl methyl sites for hydroxylation is 1. The highest BCUT2D eigenvalue weighted by molar-refractivity contribution is 5.81. The molecule has 6 nitrogen and oxygen atoms in total. The van der Waals surface area contributed by atoms with Gasteiger partial charge < -0.3 is 19.7 Å². The SMILES string of the molecule is CC.COC(=O)NC1CC(C(=O)N2CC3C(c4ccc(C)c(OC(F)(F)F)c4)C3(C)C2)C1. The predicted molar refractivity (Wildman–Crippen MR) is 112 cm³/mol. The molecule has 1 aromatic rings. The number of alkyl halides is 3. The van der Waals surface area contributed by atoms with Crippen molar-refractivity contribution in [3.05, 3.63) is 29.3 Å². The molecule has 1 aliphatic heterocycles. The summed E-state index contributed by atoms with van der Waals surface area (Å²) < 4.78 is 46.7. The second-order valence-corrected chi connectivity index (χ2v) is 8.88. The lowest BCUT2D eigenvalue weighted by molar-refractivity contribution is -0.274. The molecule has 4 rings (SSSR count). The molecule has 3 unspecified atom stereocenters. The molecular weight excluding hydrogens is 425 g/mol. The van der Waals surface area contributed by atoms with E-state index >= 15 is 0 Å². The van der Waals surface area contributed by atoms with Crippen molar-refractivity contribution in [3.8, 4) is 5.75 Å². The lowest BCUT2D eigenvalue weighted by Gasteiger charge is -2.37. The maximum atomic E-state index is 12.8. The van der Waals surface area contributed by atoms with Gasteiger partial charge in [-0.3, -0.25) is 4.79 Å². The Kier molecular flexibility index (Phi) is 6.67. The number of nitrogens with zero attached hydrogens (tertiary/aromatic N) is 1. The van der Waals surface area contributed by atoms with Crippen molar-refractivity contribution in [2.45, 2.75) is 58.9 Å². The monoisotopic (exact) mass is 456 g/mol. The van der Waals surface area contributed by atoms with Gasteiger partial charge in [-0.2, -0.15) is 0 Å². The van der Waals surface area contributed by atoms with Crippen LogP contribution in [0.15, 0.2) is 18.2 Å². The Bertz CT molecular complexity index is 869. The lowest BCUT2D eigenvalue weighted by Crippen LogP contribution is -2.50. The molecular formula is C23H31F3N2O4. The maximum absolute atomic E-state index is 12.8. The Hall–Kier alpha value is -2.45. The van der Waals surface area contributed by atoms with Crippen molar-refractivity contribution in [2.24, 2.45) is 17.3 Å². The van der Waals surface area contributed by atoms with E-state index in [1.54, 1.807) is 13.0 Å². The first-order valence-corrected chi connectivity index (χ1v) is 11.0. The molecule has 0 spiro atoms. The van der Waals surface area contributed by atoms with Gasteiger partial charge in [-0.25, -0.2) is 4.79 Å². The molecule has 1 aromatic carbocycles. The Morgan fingerprint density at radius 3 is 2.41 bits per heavy atom. The van der Waals surface area contributed by atoms with E-state index in [-0.39, 0.29) is 40.9 Å². The van der Waals surface area contributed by atoms with Crippen molar-refractivity contribution < 1.29 is 32.2 Å². The van der Waals surface area contributed by atoms with Crippen LogP contribution in [0.5, 0.6) is 5.75 Å². The molecule has 3 fully saturated rings. The maximum Gasteiger partial charge on any atom is 0.573 e. The lowest BCUT2D eigenvalue weighted by atomic mass is 9.79. The molecule has 1 N–H and O–H groups in total. The second-order valence-electron chi connectivity index (χ2n) is 8.88. The largest absolute Gasteiger partial charge is 0.573 e. The number of hydrogen-bond donors (Lipinski definition) is 1. The normalized spacial score (nSPS) is 30.3. The topological polar surface area (TPSA) is 67.9 Å². The summed E-state index contributed by atoms with van der Waals surface area (Å²) in [6.45, 7) is 8.87. The minimum absolute atomic E-state index is 0.0357. The number of halogens is 3. The number of amides is 2. The average Bonchev–Trinajstić information content (AvgIpc) is 3.10. The molecule has 1 heterocycles. The van der Waals surface area contributed by atoms with Gasteiger partial charge in [0.2, 0.25) is 5.91 Å². The minimum atomic E-state index is -4.72. The van der Waals surface area contributed by atoms with Crippen LogP contribution < -0.4 is 10.1 Å². The van der Waals surface area contributed by atoms with Gasteiger partial charge in [-0.1, -0.05) is 32.9 Å². The molecule has 3 aliphatic rings. The third-order valence-corrected chi connectivity index (χ3v) is 6.90. The van der Waals surface area contributed by atoms with E-state index in [4.69, 9.17) is 0 Å². The second kappa shape index (κ2) is 8.83. The van der Waals surface area contributed by atoms with Gasteiger partial charge in [-0.15, -0.1) is 13.2 Å². The number of carbonyl (C=O) groups excluding carboxylic acids is 2. The van der Waals surface area contributed by atoms with Gasteiger partial charge in [0.05, 0.1) is 7.11 Å². The number of fused-ring (bicyclic) bond motifs is 1. The molecule has 32 heavy (non-hydrogen) atoms. The van der Waals surface area contributed by atoms with E-state index in [1.165, 1.54) is 13.2 Å². The zero-order valence-corrected chi connectivity index (χ0v) is 19.1. The molecule has 2 amide bonds. The number of nitrogens with one attached hydrogen (secondary N) is 1. The summed E-state index contributed by atoms with van der Waals surface area (Å²) in [5.41, 5.74) is 1.13. The average molecular weight is 457 g/mol. The van der Waals surface area contributed by atoms with E-state index in [0.717, 1.165) is 5.56 Å². The summed E-state index contributed by atoms with van der Waals surface area (Å²) in [7, 11) is 1.30. The van der Waals surface area contributed by atoms with E-state index in [9.17, 15) is 22.8 Å². The molecule has 0 aromatic heterocycles. The van der Waals surface area contributed by atoms with Crippen LogP contribution in [-0.4, -0.2) is 49.5 Å². The van der Waals surface area contributed by atoms with E-state index < -0.39 is 12.5 Å². The molecule has 3 atom stereocenters. The third-order valence-electron chi connectivity index (χ3n) is 6.90. The number of carbonyl (C=O) groups is 2. The van der Waals surface area contributed by atoms with Crippen LogP contribution >= 0.6 is 0 Å². The zero-order chi connectivity index (χ0) is 23.8. The Labute approximate surface area is 186 Å². The number of alkyl carbamates (subject to hydrolysis) is 1. The molecule has 178 valence electrons. The fraction of sp³-hybridized carbons (Fsp3) is 0.652. The van der Waals surface area contributed by atoms with Gasteiger partial charge in [0.1, 0.15) is 5.75 Å². The standard InChI is InChI=1S/C21H25F3N2O4.C2H6/c1-11-4-5-12(8-16(11)30-21(22,23)24)17-15-9-26(10-20(15,17)2)18(27)13-6-14(7-13)25-19(28)29-3;1-2/h4-5,8,13-15,17H,6-7,9-10H2,1-3H3,(H,25,28);1-2H3. The first-order valence-electron chi connectivity index (χ1n) is 11.0. The van der Waals surface area contributed by atoms with Crippen LogP contribution in [0.25, 0.3) is 0 Å². The number of piperidine rings is 1. The number of hydrogen-bond acceptors (Lipinski definition) is 4.